The lowest BCUT2D eigenvalue weighted by Gasteiger charge is -2.07. The molecule has 2 atom stereocenters. The van der Waals surface area contributed by atoms with E-state index in [1.807, 2.05) is 23.9 Å². The van der Waals surface area contributed by atoms with Crippen LogP contribution in [-0.4, -0.2) is 27.7 Å². The Morgan fingerprint density at radius 2 is 2.29 bits per heavy atom. The summed E-state index contributed by atoms with van der Waals surface area (Å²) in [5, 5.41) is 4.02. The molecule has 1 aliphatic heterocycles. The van der Waals surface area contributed by atoms with Crippen molar-refractivity contribution in [3.63, 3.8) is 0 Å². The van der Waals surface area contributed by atoms with Gasteiger partial charge >= 0.3 is 0 Å². The molecule has 2 N–H and O–H groups in total. The first kappa shape index (κ1) is 11.7. The SMILES string of the molecule is NC1CSCC1c1nc(-c2ccc(Br)s2)no1. The summed E-state index contributed by atoms with van der Waals surface area (Å²) in [6.45, 7) is 0. The van der Waals surface area contributed by atoms with E-state index >= 15 is 0 Å². The maximum Gasteiger partial charge on any atom is 0.232 e. The second kappa shape index (κ2) is 4.72. The third-order valence-electron chi connectivity index (χ3n) is 2.68. The predicted octanol–water partition coefficient (Wildman–Crippen LogP) is 2.72. The highest BCUT2D eigenvalue weighted by atomic mass is 79.9. The van der Waals surface area contributed by atoms with Crippen LogP contribution in [0.3, 0.4) is 0 Å². The van der Waals surface area contributed by atoms with E-state index in [4.69, 9.17) is 10.3 Å². The van der Waals surface area contributed by atoms with E-state index in [1.165, 1.54) is 0 Å². The van der Waals surface area contributed by atoms with Gasteiger partial charge in [-0.05, 0) is 28.1 Å². The highest BCUT2D eigenvalue weighted by molar-refractivity contribution is 9.11. The van der Waals surface area contributed by atoms with Gasteiger partial charge < -0.3 is 10.3 Å². The summed E-state index contributed by atoms with van der Waals surface area (Å²) in [4.78, 5) is 5.45. The highest BCUT2D eigenvalue weighted by Crippen LogP contribution is 2.33. The number of hydrogen-bond acceptors (Lipinski definition) is 6. The van der Waals surface area contributed by atoms with Gasteiger partial charge in [-0.1, -0.05) is 5.16 Å². The third kappa shape index (κ3) is 2.29. The van der Waals surface area contributed by atoms with E-state index in [-0.39, 0.29) is 12.0 Å². The zero-order chi connectivity index (χ0) is 11.8. The Kier molecular flexibility index (Phi) is 3.25. The van der Waals surface area contributed by atoms with Gasteiger partial charge in [0, 0.05) is 17.5 Å². The second-order valence-corrected chi connectivity index (χ2v) is 7.41. The van der Waals surface area contributed by atoms with Crippen molar-refractivity contribution in [2.75, 3.05) is 11.5 Å². The molecule has 3 heterocycles. The van der Waals surface area contributed by atoms with E-state index in [0.717, 1.165) is 20.2 Å². The standard InChI is InChI=1S/C10H10BrN3OS2/c11-8-2-1-7(17-8)9-13-10(15-14-9)5-3-16-4-6(5)12/h1-2,5-6H,3-4,12H2. The maximum absolute atomic E-state index is 6.01. The molecule has 2 aromatic rings. The van der Waals surface area contributed by atoms with Gasteiger partial charge in [0.25, 0.3) is 0 Å². The van der Waals surface area contributed by atoms with Gasteiger partial charge in [0.1, 0.15) is 0 Å². The van der Waals surface area contributed by atoms with Crippen molar-refractivity contribution in [3.05, 3.63) is 21.8 Å². The van der Waals surface area contributed by atoms with Crippen molar-refractivity contribution in [3.8, 4) is 10.7 Å². The lowest BCUT2D eigenvalue weighted by atomic mass is 10.1. The summed E-state index contributed by atoms with van der Waals surface area (Å²) in [7, 11) is 0. The molecule has 1 fully saturated rings. The minimum absolute atomic E-state index is 0.128. The smallest absolute Gasteiger partial charge is 0.232 e. The lowest BCUT2D eigenvalue weighted by molar-refractivity contribution is 0.353. The molecule has 0 spiro atoms. The summed E-state index contributed by atoms with van der Waals surface area (Å²) >= 11 is 6.85. The van der Waals surface area contributed by atoms with Crippen molar-refractivity contribution >= 4 is 39.0 Å². The van der Waals surface area contributed by atoms with Crippen molar-refractivity contribution in [1.29, 1.82) is 0 Å². The number of halogens is 1. The summed E-state index contributed by atoms with van der Waals surface area (Å²) < 4.78 is 6.38. The van der Waals surface area contributed by atoms with E-state index in [0.29, 0.717) is 11.7 Å². The molecule has 4 nitrogen and oxygen atoms in total. The minimum Gasteiger partial charge on any atom is -0.339 e. The summed E-state index contributed by atoms with van der Waals surface area (Å²) in [6, 6.07) is 4.09. The fourth-order valence-electron chi connectivity index (χ4n) is 1.75. The Hall–Kier alpha value is -0.370. The Bertz CT molecular complexity index is 527. The van der Waals surface area contributed by atoms with Gasteiger partial charge in [0.05, 0.1) is 14.6 Å². The van der Waals surface area contributed by atoms with Crippen LogP contribution >= 0.6 is 39.0 Å². The molecular formula is C10H10BrN3OS2. The van der Waals surface area contributed by atoms with Gasteiger partial charge in [0.2, 0.25) is 11.7 Å². The van der Waals surface area contributed by atoms with E-state index < -0.39 is 0 Å². The largest absolute Gasteiger partial charge is 0.339 e. The number of nitrogens with two attached hydrogens (primary N) is 1. The predicted molar refractivity (Wildman–Crippen MR) is 73.4 cm³/mol. The number of hydrogen-bond donors (Lipinski definition) is 1. The van der Waals surface area contributed by atoms with Crippen LogP contribution in [0.5, 0.6) is 0 Å². The van der Waals surface area contributed by atoms with Crippen LogP contribution in [-0.2, 0) is 0 Å². The Balaban J connectivity index is 1.87. The molecule has 2 unspecified atom stereocenters. The molecule has 0 amide bonds. The van der Waals surface area contributed by atoms with Crippen LogP contribution < -0.4 is 5.73 Å². The van der Waals surface area contributed by atoms with Crippen molar-refractivity contribution < 1.29 is 4.52 Å². The van der Waals surface area contributed by atoms with E-state index in [1.54, 1.807) is 11.3 Å². The molecule has 0 aromatic carbocycles. The van der Waals surface area contributed by atoms with Crippen molar-refractivity contribution in [2.45, 2.75) is 12.0 Å². The Labute approximate surface area is 115 Å². The molecule has 0 radical (unpaired) electrons. The Morgan fingerprint density at radius 1 is 1.41 bits per heavy atom. The number of rotatable bonds is 2. The summed E-state index contributed by atoms with van der Waals surface area (Å²) in [5.74, 6) is 3.45. The van der Waals surface area contributed by atoms with Crippen molar-refractivity contribution in [1.82, 2.24) is 10.1 Å². The molecular weight excluding hydrogens is 322 g/mol. The third-order valence-corrected chi connectivity index (χ3v) is 5.51. The molecule has 7 heteroatoms. The highest BCUT2D eigenvalue weighted by Gasteiger charge is 2.31. The molecule has 3 rings (SSSR count). The van der Waals surface area contributed by atoms with Crippen molar-refractivity contribution in [2.24, 2.45) is 5.73 Å². The molecule has 2 aromatic heterocycles. The minimum atomic E-state index is 0.128. The van der Waals surface area contributed by atoms with Crippen LogP contribution in [0.1, 0.15) is 11.8 Å². The molecule has 1 saturated heterocycles. The molecule has 0 bridgehead atoms. The van der Waals surface area contributed by atoms with Gasteiger partial charge in [0.15, 0.2) is 0 Å². The van der Waals surface area contributed by atoms with Crippen LogP contribution in [0.15, 0.2) is 20.4 Å². The normalized spacial score (nSPS) is 24.4. The molecule has 0 aliphatic carbocycles. The van der Waals surface area contributed by atoms with E-state index in [9.17, 15) is 0 Å². The first-order valence-electron chi connectivity index (χ1n) is 5.16. The number of thioether (sulfide) groups is 1. The van der Waals surface area contributed by atoms with Gasteiger partial charge in [-0.15, -0.1) is 11.3 Å². The van der Waals surface area contributed by atoms with Gasteiger partial charge in [-0.3, -0.25) is 0 Å². The first-order valence-corrected chi connectivity index (χ1v) is 7.93. The van der Waals surface area contributed by atoms with Crippen LogP contribution in [0.25, 0.3) is 10.7 Å². The zero-order valence-electron chi connectivity index (χ0n) is 8.80. The Morgan fingerprint density at radius 3 is 2.94 bits per heavy atom. The average molecular weight is 332 g/mol. The number of thiophene rings is 1. The quantitative estimate of drug-likeness (QED) is 0.916. The van der Waals surface area contributed by atoms with E-state index in [2.05, 4.69) is 26.1 Å². The van der Waals surface area contributed by atoms with Gasteiger partial charge in [-0.25, -0.2) is 0 Å². The number of aromatic nitrogens is 2. The molecule has 17 heavy (non-hydrogen) atoms. The molecule has 90 valence electrons. The zero-order valence-corrected chi connectivity index (χ0v) is 12.0. The van der Waals surface area contributed by atoms with Crippen LogP contribution in [0, 0.1) is 0 Å². The topological polar surface area (TPSA) is 64.9 Å². The van der Waals surface area contributed by atoms with Crippen LogP contribution in [0.2, 0.25) is 0 Å². The summed E-state index contributed by atoms with van der Waals surface area (Å²) in [6.07, 6.45) is 0. The maximum atomic E-state index is 6.01. The summed E-state index contributed by atoms with van der Waals surface area (Å²) in [5.41, 5.74) is 6.01. The fourth-order valence-corrected chi connectivity index (χ4v) is 4.34. The lowest BCUT2D eigenvalue weighted by Crippen LogP contribution is -2.26. The number of nitrogens with zero attached hydrogens (tertiary/aromatic N) is 2. The van der Waals surface area contributed by atoms with Crippen LogP contribution in [0.4, 0.5) is 0 Å². The molecule has 1 aliphatic rings. The first-order chi connectivity index (χ1) is 8.24. The average Bonchev–Trinajstić information content (AvgIpc) is 2.97. The van der Waals surface area contributed by atoms with Gasteiger partial charge in [-0.2, -0.15) is 16.7 Å². The second-order valence-electron chi connectivity index (χ2n) is 3.87. The molecule has 0 saturated carbocycles. The fraction of sp³-hybridized carbons (Fsp3) is 0.400. The monoisotopic (exact) mass is 331 g/mol.